The van der Waals surface area contributed by atoms with Crippen LogP contribution in [0.4, 0.5) is 10.1 Å². The molecule has 0 heterocycles. The van der Waals surface area contributed by atoms with Crippen molar-refractivity contribution < 1.29 is 4.39 Å². The molecule has 1 aromatic carbocycles. The minimum Gasteiger partial charge on any atom is -0.396 e. The number of benzene rings is 1. The summed E-state index contributed by atoms with van der Waals surface area (Å²) in [6.07, 6.45) is 0. The number of nitrogen functional groups attached to an aromatic ring is 1. The molecule has 0 amide bonds. The summed E-state index contributed by atoms with van der Waals surface area (Å²) in [6.45, 7) is 0.0127. The lowest BCUT2D eigenvalue weighted by Crippen LogP contribution is -1.92. The van der Waals surface area contributed by atoms with Crippen molar-refractivity contribution in [2.75, 3.05) is 12.3 Å². The first kappa shape index (κ1) is 11.2. The maximum absolute atomic E-state index is 13.0. The smallest absolute Gasteiger partial charge is 0.147 e. The molecule has 76 valence electrons. The second kappa shape index (κ2) is 5.11. The van der Waals surface area contributed by atoms with Crippen molar-refractivity contribution in [3.05, 3.63) is 39.0 Å². The Balaban J connectivity index is 2.98. The summed E-state index contributed by atoms with van der Waals surface area (Å²) in [5.41, 5.74) is 13.6. The highest BCUT2D eigenvalue weighted by molar-refractivity contribution is 6.32. The summed E-state index contributed by atoms with van der Waals surface area (Å²) in [6, 6.07) is 2.43. The number of anilines is 1. The van der Waals surface area contributed by atoms with E-state index in [1.165, 1.54) is 6.07 Å². The molecular weight excluding hydrogens is 219 g/mol. The number of halogens is 2. The van der Waals surface area contributed by atoms with Crippen LogP contribution >= 0.6 is 11.6 Å². The number of nitrogens with zero attached hydrogens (tertiary/aromatic N) is 3. The van der Waals surface area contributed by atoms with Gasteiger partial charge in [-0.15, -0.1) is 0 Å². The highest BCUT2D eigenvalue weighted by Gasteiger charge is 2.03. The SMILES string of the molecule is [N-]=[N+]=NCC#Cc1cc(F)c(N)cc1Cl. The fourth-order valence-electron chi connectivity index (χ4n) is 0.860. The predicted molar refractivity (Wildman–Crippen MR) is 56.7 cm³/mol. The highest BCUT2D eigenvalue weighted by Crippen LogP contribution is 2.21. The quantitative estimate of drug-likeness (QED) is 0.257. The van der Waals surface area contributed by atoms with E-state index in [9.17, 15) is 4.39 Å². The zero-order valence-electron chi connectivity index (χ0n) is 7.54. The Morgan fingerprint density at radius 3 is 3.00 bits per heavy atom. The van der Waals surface area contributed by atoms with Gasteiger partial charge in [0.2, 0.25) is 0 Å². The van der Waals surface area contributed by atoms with Gasteiger partial charge in [-0.25, -0.2) is 4.39 Å². The summed E-state index contributed by atoms with van der Waals surface area (Å²) >= 11 is 5.76. The van der Waals surface area contributed by atoms with E-state index in [0.29, 0.717) is 5.56 Å². The first-order valence-electron chi connectivity index (χ1n) is 3.89. The molecule has 1 aromatic rings. The molecule has 0 fully saturated rings. The topological polar surface area (TPSA) is 74.8 Å². The molecular formula is C9H6ClFN4. The van der Waals surface area contributed by atoms with Crippen LogP contribution in [-0.4, -0.2) is 6.54 Å². The van der Waals surface area contributed by atoms with Crippen LogP contribution < -0.4 is 5.73 Å². The number of nitrogens with two attached hydrogens (primary N) is 1. The third-order valence-electron chi connectivity index (χ3n) is 1.52. The van der Waals surface area contributed by atoms with Crippen molar-refractivity contribution in [3.8, 4) is 11.8 Å². The Morgan fingerprint density at radius 2 is 2.33 bits per heavy atom. The van der Waals surface area contributed by atoms with Crippen LogP contribution in [0, 0.1) is 17.7 Å². The molecule has 0 spiro atoms. The van der Waals surface area contributed by atoms with Crippen molar-refractivity contribution in [1.29, 1.82) is 0 Å². The fourth-order valence-corrected chi connectivity index (χ4v) is 1.08. The van der Waals surface area contributed by atoms with Crippen molar-refractivity contribution in [3.63, 3.8) is 0 Å². The van der Waals surface area contributed by atoms with Gasteiger partial charge in [0, 0.05) is 10.5 Å². The molecule has 0 radical (unpaired) electrons. The Hall–Kier alpha value is -1.89. The van der Waals surface area contributed by atoms with Crippen LogP contribution in [0.1, 0.15) is 5.56 Å². The summed E-state index contributed by atoms with van der Waals surface area (Å²) in [5, 5.41) is 3.47. The molecule has 6 heteroatoms. The zero-order chi connectivity index (χ0) is 11.3. The molecule has 1 rings (SSSR count). The van der Waals surface area contributed by atoms with Crippen LogP contribution in [0.25, 0.3) is 10.4 Å². The van der Waals surface area contributed by atoms with Gasteiger partial charge < -0.3 is 5.73 Å². The van der Waals surface area contributed by atoms with Gasteiger partial charge in [-0.1, -0.05) is 28.6 Å². The average Bonchev–Trinajstić information content (AvgIpc) is 2.20. The van der Waals surface area contributed by atoms with Gasteiger partial charge >= 0.3 is 0 Å². The van der Waals surface area contributed by atoms with E-state index in [0.717, 1.165) is 6.07 Å². The molecule has 0 unspecified atom stereocenters. The molecule has 0 aliphatic carbocycles. The van der Waals surface area contributed by atoms with Gasteiger partial charge in [0.15, 0.2) is 0 Å². The lowest BCUT2D eigenvalue weighted by Gasteiger charge is -1.99. The third-order valence-corrected chi connectivity index (χ3v) is 1.84. The second-order valence-corrected chi connectivity index (χ2v) is 2.95. The van der Waals surface area contributed by atoms with E-state index in [-0.39, 0.29) is 17.3 Å². The van der Waals surface area contributed by atoms with Crippen molar-refractivity contribution >= 4 is 17.3 Å². The molecule has 0 saturated carbocycles. The normalized spacial score (nSPS) is 8.67. The van der Waals surface area contributed by atoms with Gasteiger partial charge in [-0.3, -0.25) is 0 Å². The molecule has 4 nitrogen and oxygen atoms in total. The van der Waals surface area contributed by atoms with Crippen LogP contribution in [0.15, 0.2) is 17.2 Å². The number of hydrogen-bond acceptors (Lipinski definition) is 2. The predicted octanol–water partition coefficient (Wildman–Crippen LogP) is 2.72. The van der Waals surface area contributed by atoms with Crippen LogP contribution in [0.5, 0.6) is 0 Å². The van der Waals surface area contributed by atoms with E-state index in [1.54, 1.807) is 0 Å². The highest BCUT2D eigenvalue weighted by atomic mass is 35.5. The largest absolute Gasteiger partial charge is 0.396 e. The van der Waals surface area contributed by atoms with E-state index >= 15 is 0 Å². The van der Waals surface area contributed by atoms with Gasteiger partial charge in [-0.05, 0) is 17.7 Å². The summed E-state index contributed by atoms with van der Waals surface area (Å²) in [4.78, 5) is 2.52. The van der Waals surface area contributed by atoms with Crippen molar-refractivity contribution in [2.45, 2.75) is 0 Å². The molecule has 2 N–H and O–H groups in total. The standard InChI is InChI=1S/C9H6ClFN4/c10-7-5-9(12)8(11)4-6(7)2-1-3-14-15-13/h4-5H,3,12H2. The van der Waals surface area contributed by atoms with Gasteiger partial charge in [0.05, 0.1) is 17.3 Å². The maximum atomic E-state index is 13.0. The van der Waals surface area contributed by atoms with Crippen LogP contribution in [-0.2, 0) is 0 Å². The van der Waals surface area contributed by atoms with Gasteiger partial charge in [0.1, 0.15) is 5.82 Å². The Morgan fingerprint density at radius 1 is 1.60 bits per heavy atom. The lowest BCUT2D eigenvalue weighted by molar-refractivity contribution is 0.632. The summed E-state index contributed by atoms with van der Waals surface area (Å²) in [7, 11) is 0. The second-order valence-electron chi connectivity index (χ2n) is 2.54. The first-order valence-corrected chi connectivity index (χ1v) is 4.27. The number of rotatable bonds is 1. The number of hydrogen-bond donors (Lipinski definition) is 1. The minimum atomic E-state index is -0.576. The van der Waals surface area contributed by atoms with Crippen molar-refractivity contribution in [2.24, 2.45) is 5.11 Å². The van der Waals surface area contributed by atoms with E-state index in [4.69, 9.17) is 22.9 Å². The molecule has 0 bridgehead atoms. The van der Waals surface area contributed by atoms with E-state index < -0.39 is 5.82 Å². The fraction of sp³-hybridized carbons (Fsp3) is 0.111. The Labute approximate surface area is 90.5 Å². The average molecular weight is 225 g/mol. The Kier molecular flexibility index (Phi) is 3.81. The van der Waals surface area contributed by atoms with Gasteiger partial charge in [0.25, 0.3) is 0 Å². The van der Waals surface area contributed by atoms with E-state index in [1.807, 2.05) is 0 Å². The minimum absolute atomic E-state index is 0.0127. The van der Waals surface area contributed by atoms with Crippen LogP contribution in [0.2, 0.25) is 5.02 Å². The molecule has 0 aromatic heterocycles. The number of azide groups is 1. The molecule has 15 heavy (non-hydrogen) atoms. The van der Waals surface area contributed by atoms with Crippen molar-refractivity contribution in [1.82, 2.24) is 0 Å². The maximum Gasteiger partial charge on any atom is 0.147 e. The molecule has 0 saturated heterocycles. The monoisotopic (exact) mass is 224 g/mol. The zero-order valence-corrected chi connectivity index (χ0v) is 8.29. The Bertz CT molecular complexity index is 483. The molecule has 0 aliphatic rings. The summed E-state index contributed by atoms with van der Waals surface area (Å²) < 4.78 is 13.0. The van der Waals surface area contributed by atoms with E-state index in [2.05, 4.69) is 21.9 Å². The van der Waals surface area contributed by atoms with Crippen LogP contribution in [0.3, 0.4) is 0 Å². The lowest BCUT2D eigenvalue weighted by atomic mass is 10.2. The summed E-state index contributed by atoms with van der Waals surface area (Å²) in [5.74, 6) is 4.52. The first-order chi connectivity index (χ1) is 7.15. The van der Waals surface area contributed by atoms with Gasteiger partial charge in [-0.2, -0.15) is 0 Å². The third kappa shape index (κ3) is 3.06. The molecule has 0 aliphatic heterocycles. The molecule has 0 atom stereocenters.